The minimum Gasteiger partial charge on any atom is -0.396 e. The van der Waals surface area contributed by atoms with Crippen LogP contribution in [0.4, 0.5) is 28.0 Å². The van der Waals surface area contributed by atoms with E-state index in [1.54, 1.807) is 13.8 Å². The number of aliphatic hydroxyl groups is 1. The number of nitrogens with one attached hydrogen (secondary N) is 2. The lowest BCUT2D eigenvalue weighted by molar-refractivity contribution is -0.139. The van der Waals surface area contributed by atoms with Crippen molar-refractivity contribution in [3.8, 4) is 0 Å². The molecule has 1 rings (SSSR count). The van der Waals surface area contributed by atoms with Crippen LogP contribution in [0.15, 0.2) is 18.2 Å². The smallest absolute Gasteiger partial charge is 0.396 e. The molecule has 1 aromatic rings. The second-order valence-electron chi connectivity index (χ2n) is 5.13. The fraction of sp³-hybridized carbons (Fsp3) is 0.462. The number of hydrogen-bond donors (Lipinski definition) is 3. The predicted octanol–water partition coefficient (Wildman–Crippen LogP) is 3.13. The van der Waals surface area contributed by atoms with Gasteiger partial charge in [-0.25, -0.2) is 9.18 Å². The van der Waals surface area contributed by atoms with Crippen LogP contribution in [0.25, 0.3) is 0 Å². The van der Waals surface area contributed by atoms with Crippen molar-refractivity contribution in [2.75, 3.05) is 11.9 Å². The van der Waals surface area contributed by atoms with E-state index in [0.717, 1.165) is 6.07 Å². The predicted molar refractivity (Wildman–Crippen MR) is 69.3 cm³/mol. The van der Waals surface area contributed by atoms with Crippen LogP contribution < -0.4 is 10.6 Å². The number of hydrogen-bond acceptors (Lipinski definition) is 2. The maximum Gasteiger partial charge on any atom is 0.419 e. The molecule has 0 aliphatic rings. The molecule has 8 heteroatoms. The second kappa shape index (κ2) is 6.30. The molecule has 21 heavy (non-hydrogen) atoms. The monoisotopic (exact) mass is 308 g/mol. The summed E-state index contributed by atoms with van der Waals surface area (Å²) in [6.45, 7) is 3.14. The van der Waals surface area contributed by atoms with E-state index < -0.39 is 29.1 Å². The number of aliphatic hydroxyl groups excluding tert-OH is 1. The maximum atomic E-state index is 13.1. The standard InChI is InChI=1S/C13H16F4N2O2/c1-12(2,5-6-20)19-11(21)18-8-3-4-10(14)9(7-8)13(15,16)17/h3-4,7,20H,5-6H2,1-2H3,(H2,18,19,21). The molecule has 1 aromatic carbocycles. The van der Waals surface area contributed by atoms with E-state index in [4.69, 9.17) is 5.11 Å². The molecule has 0 aromatic heterocycles. The zero-order valence-corrected chi connectivity index (χ0v) is 11.5. The van der Waals surface area contributed by atoms with E-state index in [0.29, 0.717) is 12.1 Å². The van der Waals surface area contributed by atoms with Crippen LogP contribution in [0.3, 0.4) is 0 Å². The zero-order chi connectivity index (χ0) is 16.3. The summed E-state index contributed by atoms with van der Waals surface area (Å²) in [6, 6.07) is 1.45. The first-order valence-corrected chi connectivity index (χ1v) is 6.12. The molecular weight excluding hydrogens is 292 g/mol. The molecule has 0 atom stereocenters. The highest BCUT2D eigenvalue weighted by atomic mass is 19.4. The van der Waals surface area contributed by atoms with E-state index in [9.17, 15) is 22.4 Å². The van der Waals surface area contributed by atoms with Crippen molar-refractivity contribution >= 4 is 11.7 Å². The van der Waals surface area contributed by atoms with Gasteiger partial charge in [-0.3, -0.25) is 0 Å². The summed E-state index contributed by atoms with van der Waals surface area (Å²) in [5.41, 5.74) is -2.36. The van der Waals surface area contributed by atoms with Gasteiger partial charge in [0.2, 0.25) is 0 Å². The normalized spacial score (nSPS) is 12.1. The van der Waals surface area contributed by atoms with Gasteiger partial charge >= 0.3 is 12.2 Å². The Bertz CT molecular complexity index is 515. The van der Waals surface area contributed by atoms with Gasteiger partial charge < -0.3 is 15.7 Å². The van der Waals surface area contributed by atoms with Crippen molar-refractivity contribution in [1.82, 2.24) is 5.32 Å². The van der Waals surface area contributed by atoms with Gasteiger partial charge in [-0.15, -0.1) is 0 Å². The van der Waals surface area contributed by atoms with E-state index in [-0.39, 0.29) is 18.7 Å². The van der Waals surface area contributed by atoms with Crippen molar-refractivity contribution in [2.24, 2.45) is 0 Å². The first kappa shape index (κ1) is 17.2. The molecule has 0 spiro atoms. The maximum absolute atomic E-state index is 13.1. The van der Waals surface area contributed by atoms with Crippen LogP contribution in [0.2, 0.25) is 0 Å². The summed E-state index contributed by atoms with van der Waals surface area (Å²) in [6.07, 6.45) is -4.56. The topological polar surface area (TPSA) is 61.4 Å². The zero-order valence-electron chi connectivity index (χ0n) is 11.5. The van der Waals surface area contributed by atoms with Crippen LogP contribution in [0, 0.1) is 5.82 Å². The highest BCUT2D eigenvalue weighted by molar-refractivity contribution is 5.89. The molecule has 0 radical (unpaired) electrons. The molecule has 0 fully saturated rings. The van der Waals surface area contributed by atoms with Crippen LogP contribution in [-0.2, 0) is 6.18 Å². The van der Waals surface area contributed by atoms with Gasteiger partial charge in [-0.2, -0.15) is 13.2 Å². The molecule has 118 valence electrons. The lowest BCUT2D eigenvalue weighted by Gasteiger charge is -2.25. The van der Waals surface area contributed by atoms with Crippen LogP contribution >= 0.6 is 0 Å². The molecule has 0 heterocycles. The summed E-state index contributed by atoms with van der Waals surface area (Å²) in [4.78, 5) is 11.7. The molecule has 3 N–H and O–H groups in total. The number of urea groups is 1. The quantitative estimate of drug-likeness (QED) is 0.748. The van der Waals surface area contributed by atoms with Gasteiger partial charge in [0.25, 0.3) is 0 Å². The van der Waals surface area contributed by atoms with Gasteiger partial charge in [0.05, 0.1) is 5.56 Å². The van der Waals surface area contributed by atoms with Gasteiger partial charge in [0.1, 0.15) is 5.82 Å². The number of rotatable bonds is 4. The summed E-state index contributed by atoms with van der Waals surface area (Å²) < 4.78 is 50.7. The summed E-state index contributed by atoms with van der Waals surface area (Å²) in [5.74, 6) is -1.41. The Morgan fingerprint density at radius 1 is 1.29 bits per heavy atom. The van der Waals surface area contributed by atoms with Crippen molar-refractivity contribution < 1.29 is 27.5 Å². The number of carbonyl (C=O) groups excluding carboxylic acids is 1. The minimum absolute atomic E-state index is 0.151. The molecule has 4 nitrogen and oxygen atoms in total. The summed E-state index contributed by atoms with van der Waals surface area (Å²) in [7, 11) is 0. The molecule has 0 aliphatic carbocycles. The van der Waals surface area contributed by atoms with Crippen LogP contribution in [0.1, 0.15) is 25.8 Å². The SMILES string of the molecule is CC(C)(CCO)NC(=O)Nc1ccc(F)c(C(F)(F)F)c1. The lowest BCUT2D eigenvalue weighted by atomic mass is 10.0. The van der Waals surface area contributed by atoms with Gasteiger partial charge in [0.15, 0.2) is 0 Å². The molecule has 0 bridgehead atoms. The van der Waals surface area contributed by atoms with Gasteiger partial charge in [-0.1, -0.05) is 0 Å². The highest BCUT2D eigenvalue weighted by Crippen LogP contribution is 2.32. The van der Waals surface area contributed by atoms with Crippen LogP contribution in [-0.4, -0.2) is 23.3 Å². The Morgan fingerprint density at radius 3 is 2.43 bits per heavy atom. The van der Waals surface area contributed by atoms with Gasteiger partial charge in [-0.05, 0) is 38.5 Å². The first-order valence-electron chi connectivity index (χ1n) is 6.12. The average Bonchev–Trinajstić information content (AvgIpc) is 2.29. The lowest BCUT2D eigenvalue weighted by Crippen LogP contribution is -2.46. The van der Waals surface area contributed by atoms with E-state index in [1.165, 1.54) is 0 Å². The van der Waals surface area contributed by atoms with Crippen molar-refractivity contribution in [1.29, 1.82) is 0 Å². The Kier molecular flexibility index (Phi) is 5.16. The van der Waals surface area contributed by atoms with Gasteiger partial charge in [0, 0.05) is 17.8 Å². The summed E-state index contributed by atoms with van der Waals surface area (Å²) >= 11 is 0. The van der Waals surface area contributed by atoms with Crippen molar-refractivity contribution in [2.45, 2.75) is 32.0 Å². The molecule has 0 saturated heterocycles. The van der Waals surface area contributed by atoms with Crippen molar-refractivity contribution in [3.05, 3.63) is 29.6 Å². The highest BCUT2D eigenvalue weighted by Gasteiger charge is 2.34. The fourth-order valence-electron chi connectivity index (χ4n) is 1.63. The number of amides is 2. The van der Waals surface area contributed by atoms with Crippen LogP contribution in [0.5, 0.6) is 0 Å². The number of benzene rings is 1. The Hall–Kier alpha value is -1.83. The average molecular weight is 308 g/mol. The molecule has 2 amide bonds. The molecule has 0 saturated carbocycles. The molecular formula is C13H16F4N2O2. The Balaban J connectivity index is 2.82. The van der Waals surface area contributed by atoms with E-state index in [2.05, 4.69) is 10.6 Å². The van der Waals surface area contributed by atoms with Crippen molar-refractivity contribution in [3.63, 3.8) is 0 Å². The molecule has 0 unspecified atom stereocenters. The third-order valence-electron chi connectivity index (χ3n) is 2.72. The van der Waals surface area contributed by atoms with E-state index >= 15 is 0 Å². The number of halogens is 4. The number of alkyl halides is 3. The molecule has 0 aliphatic heterocycles. The third kappa shape index (κ3) is 5.22. The number of anilines is 1. The second-order valence-corrected chi connectivity index (χ2v) is 5.13. The largest absolute Gasteiger partial charge is 0.419 e. The first-order chi connectivity index (χ1) is 9.55. The Morgan fingerprint density at radius 2 is 1.90 bits per heavy atom. The summed E-state index contributed by atoms with van der Waals surface area (Å²) in [5, 5.41) is 13.5. The third-order valence-corrected chi connectivity index (χ3v) is 2.72. The van der Waals surface area contributed by atoms with E-state index in [1.807, 2.05) is 0 Å². The minimum atomic E-state index is -4.84. The fourth-order valence-corrected chi connectivity index (χ4v) is 1.63. The number of carbonyl (C=O) groups is 1. The Labute approximate surface area is 119 Å².